The first kappa shape index (κ1) is 15.0. The van der Waals surface area contributed by atoms with Crippen molar-refractivity contribution in [1.29, 1.82) is 0 Å². The maximum Gasteiger partial charge on any atom is 0.311 e. The van der Waals surface area contributed by atoms with Gasteiger partial charge in [-0.05, 0) is 13.3 Å². The van der Waals surface area contributed by atoms with Crippen molar-refractivity contribution < 1.29 is 14.6 Å². The molecule has 22 heavy (non-hydrogen) atoms. The number of nitrogens with zero attached hydrogens (tertiary/aromatic N) is 4. The van der Waals surface area contributed by atoms with Crippen LogP contribution in [-0.2, 0) is 9.53 Å². The molecule has 3 heterocycles. The highest BCUT2D eigenvalue weighted by molar-refractivity contribution is 5.77. The van der Waals surface area contributed by atoms with Gasteiger partial charge in [-0.2, -0.15) is 4.98 Å². The number of aryl methyl sites for hydroxylation is 1. The second-order valence-corrected chi connectivity index (χ2v) is 6.43. The van der Waals surface area contributed by atoms with E-state index in [1.807, 2.05) is 30.8 Å². The van der Waals surface area contributed by atoms with E-state index in [9.17, 15) is 9.90 Å². The third kappa shape index (κ3) is 2.29. The highest BCUT2D eigenvalue weighted by Crippen LogP contribution is 2.43. The van der Waals surface area contributed by atoms with Crippen LogP contribution in [0.4, 0.5) is 11.8 Å². The van der Waals surface area contributed by atoms with E-state index >= 15 is 0 Å². The Morgan fingerprint density at radius 2 is 2.32 bits per heavy atom. The number of carbonyl (C=O) groups is 1. The average molecular weight is 306 g/mol. The van der Waals surface area contributed by atoms with Gasteiger partial charge in [-0.25, -0.2) is 4.98 Å². The van der Waals surface area contributed by atoms with Crippen LogP contribution in [0.1, 0.15) is 12.0 Å². The molecule has 2 fully saturated rings. The molecule has 2 atom stereocenters. The fraction of sp³-hybridized carbons (Fsp3) is 0.667. The van der Waals surface area contributed by atoms with Gasteiger partial charge in [-0.15, -0.1) is 0 Å². The Morgan fingerprint density at radius 3 is 2.95 bits per heavy atom. The molecule has 2 aliphatic heterocycles. The van der Waals surface area contributed by atoms with E-state index in [0.29, 0.717) is 38.7 Å². The molecule has 1 aromatic heterocycles. The zero-order chi connectivity index (χ0) is 15.9. The number of rotatable bonds is 3. The number of fused-ring (bicyclic) bond motifs is 1. The van der Waals surface area contributed by atoms with E-state index < -0.39 is 11.4 Å². The first-order valence-corrected chi connectivity index (χ1v) is 7.51. The first-order valence-electron chi connectivity index (χ1n) is 7.51. The molecular formula is C15H22N4O3. The van der Waals surface area contributed by atoms with Gasteiger partial charge in [-0.1, -0.05) is 0 Å². The lowest BCUT2D eigenvalue weighted by Crippen LogP contribution is -2.44. The molecule has 7 nitrogen and oxygen atoms in total. The Kier molecular flexibility index (Phi) is 3.68. The van der Waals surface area contributed by atoms with E-state index in [0.717, 1.165) is 11.4 Å². The van der Waals surface area contributed by atoms with Crippen LogP contribution in [0.15, 0.2) is 6.20 Å². The molecule has 7 heteroatoms. The summed E-state index contributed by atoms with van der Waals surface area (Å²) in [6.45, 7) is 4.05. The van der Waals surface area contributed by atoms with E-state index in [-0.39, 0.29) is 5.92 Å². The first-order chi connectivity index (χ1) is 10.4. The third-order valence-electron chi connectivity index (χ3n) is 4.77. The number of carboxylic acids is 1. The third-order valence-corrected chi connectivity index (χ3v) is 4.77. The fourth-order valence-electron chi connectivity index (χ4n) is 3.48. The van der Waals surface area contributed by atoms with Crippen LogP contribution in [0.2, 0.25) is 0 Å². The van der Waals surface area contributed by atoms with E-state index in [1.165, 1.54) is 0 Å². The average Bonchev–Trinajstić information content (AvgIpc) is 2.88. The van der Waals surface area contributed by atoms with E-state index in [1.54, 1.807) is 6.20 Å². The molecule has 0 radical (unpaired) electrons. The highest BCUT2D eigenvalue weighted by atomic mass is 16.5. The Labute approximate surface area is 129 Å². The van der Waals surface area contributed by atoms with Crippen molar-refractivity contribution in [2.45, 2.75) is 13.3 Å². The standard InChI is InChI=1S/C15H22N4O3/c1-10-6-16-14(17-12(10)18(2)3)19-7-11-8-22-5-4-15(11,9-19)13(20)21/h6,11H,4-5,7-9H2,1-3H3,(H,20,21)/t11-,15+/m1/s1. The summed E-state index contributed by atoms with van der Waals surface area (Å²) >= 11 is 0. The summed E-state index contributed by atoms with van der Waals surface area (Å²) in [6, 6.07) is 0. The van der Waals surface area contributed by atoms with Gasteiger partial charge < -0.3 is 19.6 Å². The maximum absolute atomic E-state index is 11.8. The lowest BCUT2D eigenvalue weighted by molar-refractivity contribution is -0.157. The zero-order valence-electron chi connectivity index (χ0n) is 13.2. The topological polar surface area (TPSA) is 78.8 Å². The molecule has 0 saturated carbocycles. The van der Waals surface area contributed by atoms with Crippen molar-refractivity contribution in [1.82, 2.24) is 9.97 Å². The molecular weight excluding hydrogens is 284 g/mol. The van der Waals surface area contributed by atoms with Gasteiger partial charge >= 0.3 is 5.97 Å². The van der Waals surface area contributed by atoms with Crippen LogP contribution >= 0.6 is 0 Å². The smallest absolute Gasteiger partial charge is 0.311 e. The van der Waals surface area contributed by atoms with E-state index in [2.05, 4.69) is 9.97 Å². The van der Waals surface area contributed by atoms with Crippen LogP contribution in [-0.4, -0.2) is 61.4 Å². The second kappa shape index (κ2) is 5.39. The van der Waals surface area contributed by atoms with Crippen molar-refractivity contribution in [2.24, 2.45) is 11.3 Å². The maximum atomic E-state index is 11.8. The van der Waals surface area contributed by atoms with Crippen molar-refractivity contribution in [2.75, 3.05) is 50.2 Å². The fourth-order valence-corrected chi connectivity index (χ4v) is 3.48. The van der Waals surface area contributed by atoms with Gasteiger partial charge in [0.2, 0.25) is 5.95 Å². The van der Waals surface area contributed by atoms with Crippen LogP contribution in [0.25, 0.3) is 0 Å². The number of hydrogen-bond acceptors (Lipinski definition) is 6. The molecule has 0 bridgehead atoms. The number of anilines is 2. The summed E-state index contributed by atoms with van der Waals surface area (Å²) in [5.74, 6) is 0.722. The summed E-state index contributed by atoms with van der Waals surface area (Å²) in [7, 11) is 3.88. The molecule has 0 unspecified atom stereocenters. The van der Waals surface area contributed by atoms with Gasteiger partial charge in [0.25, 0.3) is 0 Å². The Balaban J connectivity index is 1.91. The summed E-state index contributed by atoms with van der Waals surface area (Å²) in [4.78, 5) is 24.8. The minimum Gasteiger partial charge on any atom is -0.481 e. The summed E-state index contributed by atoms with van der Waals surface area (Å²) in [6.07, 6.45) is 2.35. The van der Waals surface area contributed by atoms with Gasteiger partial charge in [-0.3, -0.25) is 4.79 Å². The molecule has 0 aromatic carbocycles. The number of carboxylic acid groups (broad SMARTS) is 1. The predicted octanol–water partition coefficient (Wildman–Crippen LogP) is 0.779. The van der Waals surface area contributed by atoms with E-state index in [4.69, 9.17) is 4.74 Å². The van der Waals surface area contributed by atoms with Gasteiger partial charge in [0, 0.05) is 51.5 Å². The highest BCUT2D eigenvalue weighted by Gasteiger charge is 2.54. The largest absolute Gasteiger partial charge is 0.481 e. The molecule has 1 aromatic rings. The number of ether oxygens (including phenoxy) is 1. The van der Waals surface area contributed by atoms with Crippen molar-refractivity contribution >= 4 is 17.7 Å². The normalized spacial score (nSPS) is 27.6. The van der Waals surface area contributed by atoms with Crippen molar-refractivity contribution in [3.05, 3.63) is 11.8 Å². The monoisotopic (exact) mass is 306 g/mol. The molecule has 0 amide bonds. The van der Waals surface area contributed by atoms with Gasteiger partial charge in [0.15, 0.2) is 0 Å². The molecule has 2 aliphatic rings. The molecule has 2 saturated heterocycles. The van der Waals surface area contributed by atoms with Crippen LogP contribution in [0.3, 0.4) is 0 Å². The molecule has 0 aliphatic carbocycles. The Bertz CT molecular complexity index is 592. The lowest BCUT2D eigenvalue weighted by atomic mass is 9.74. The molecule has 0 spiro atoms. The summed E-state index contributed by atoms with van der Waals surface area (Å²) in [5, 5.41) is 9.72. The van der Waals surface area contributed by atoms with Gasteiger partial charge in [0.1, 0.15) is 5.82 Å². The minimum atomic E-state index is -0.733. The number of aliphatic carboxylic acids is 1. The lowest BCUT2D eigenvalue weighted by Gasteiger charge is -2.33. The summed E-state index contributed by atoms with van der Waals surface area (Å²) < 4.78 is 5.48. The Morgan fingerprint density at radius 1 is 1.55 bits per heavy atom. The minimum absolute atomic E-state index is 0.00791. The van der Waals surface area contributed by atoms with Crippen LogP contribution in [0, 0.1) is 18.3 Å². The number of hydrogen-bond donors (Lipinski definition) is 1. The summed E-state index contributed by atoms with van der Waals surface area (Å²) in [5.41, 5.74) is 0.270. The van der Waals surface area contributed by atoms with Crippen molar-refractivity contribution in [3.8, 4) is 0 Å². The SMILES string of the molecule is Cc1cnc(N2C[C@@H]3COCC[C@]3(C(=O)O)C2)nc1N(C)C. The molecule has 3 rings (SSSR count). The number of aromatic nitrogens is 2. The quantitative estimate of drug-likeness (QED) is 0.884. The zero-order valence-corrected chi connectivity index (χ0v) is 13.2. The predicted molar refractivity (Wildman–Crippen MR) is 82.3 cm³/mol. The Hall–Kier alpha value is -1.89. The van der Waals surface area contributed by atoms with Crippen molar-refractivity contribution in [3.63, 3.8) is 0 Å². The molecule has 1 N–H and O–H groups in total. The van der Waals surface area contributed by atoms with Crippen LogP contribution in [0.5, 0.6) is 0 Å². The van der Waals surface area contributed by atoms with Gasteiger partial charge in [0.05, 0.1) is 12.0 Å². The second-order valence-electron chi connectivity index (χ2n) is 6.43. The van der Waals surface area contributed by atoms with Crippen LogP contribution < -0.4 is 9.80 Å². The molecule has 120 valence electrons.